The van der Waals surface area contributed by atoms with E-state index < -0.39 is 0 Å². The molecule has 2 unspecified atom stereocenters. The molecule has 2 rings (SSSR count). The van der Waals surface area contributed by atoms with Crippen molar-refractivity contribution in [3.8, 4) is 0 Å². The number of hydrogen-bond acceptors (Lipinski definition) is 2. The molecule has 1 aliphatic rings. The molecule has 0 aliphatic heterocycles. The van der Waals surface area contributed by atoms with Gasteiger partial charge < -0.3 is 16.0 Å². The molecule has 1 amide bonds. The van der Waals surface area contributed by atoms with Crippen LogP contribution in [-0.4, -0.2) is 37.5 Å². The summed E-state index contributed by atoms with van der Waals surface area (Å²) >= 11 is 0. The lowest BCUT2D eigenvalue weighted by Crippen LogP contribution is -2.39. The summed E-state index contributed by atoms with van der Waals surface area (Å²) in [6.07, 6.45) is 2.05. The Labute approximate surface area is 155 Å². The summed E-state index contributed by atoms with van der Waals surface area (Å²) in [7, 11) is 0. The number of carbonyl (C=O) groups is 1. The van der Waals surface area contributed by atoms with Crippen molar-refractivity contribution in [3.05, 3.63) is 35.9 Å². The Kier molecular flexibility index (Phi) is 8.98. The molecule has 2 atom stereocenters. The molecule has 0 saturated heterocycles. The van der Waals surface area contributed by atoms with Crippen molar-refractivity contribution in [1.29, 1.82) is 0 Å². The molecule has 6 heteroatoms. The quantitative estimate of drug-likeness (QED) is 0.270. The second kappa shape index (κ2) is 10.5. The first-order valence-electron chi connectivity index (χ1n) is 8.08. The maximum Gasteiger partial charge on any atom is 0.251 e. The zero-order valence-electron chi connectivity index (χ0n) is 13.8. The fraction of sp³-hybridized carbons (Fsp3) is 0.529. The van der Waals surface area contributed by atoms with E-state index in [-0.39, 0.29) is 29.9 Å². The van der Waals surface area contributed by atoms with Crippen LogP contribution in [0.25, 0.3) is 0 Å². The Morgan fingerprint density at radius 3 is 2.57 bits per heavy atom. The van der Waals surface area contributed by atoms with Gasteiger partial charge in [-0.1, -0.05) is 25.1 Å². The lowest BCUT2D eigenvalue weighted by Gasteiger charge is -2.10. The minimum absolute atomic E-state index is 0. The van der Waals surface area contributed by atoms with Gasteiger partial charge in [-0.05, 0) is 37.8 Å². The van der Waals surface area contributed by atoms with Gasteiger partial charge in [0.15, 0.2) is 5.96 Å². The van der Waals surface area contributed by atoms with E-state index >= 15 is 0 Å². The van der Waals surface area contributed by atoms with Crippen LogP contribution in [0.15, 0.2) is 35.3 Å². The van der Waals surface area contributed by atoms with Gasteiger partial charge in [-0.25, -0.2) is 0 Å². The number of guanidine groups is 1. The molecule has 0 spiro atoms. The van der Waals surface area contributed by atoms with E-state index in [0.29, 0.717) is 24.7 Å². The molecule has 1 aliphatic carbocycles. The standard InChI is InChI=1S/C17H26N4O.HI/c1-3-18-17(21-15-12-13(15)2)20-11-7-10-19-16(22)14-8-5-4-6-9-14;/h4-6,8-9,13,15H,3,7,10-12H2,1-2H3,(H,19,22)(H2,18,20,21);1H. The van der Waals surface area contributed by atoms with Crippen molar-refractivity contribution in [2.45, 2.75) is 32.7 Å². The largest absolute Gasteiger partial charge is 0.357 e. The lowest BCUT2D eigenvalue weighted by molar-refractivity contribution is 0.0953. The Morgan fingerprint density at radius 1 is 1.26 bits per heavy atom. The molecule has 1 aromatic rings. The number of nitrogens with zero attached hydrogens (tertiary/aromatic N) is 1. The van der Waals surface area contributed by atoms with Gasteiger partial charge in [-0.15, -0.1) is 24.0 Å². The third kappa shape index (κ3) is 7.20. The maximum atomic E-state index is 11.9. The summed E-state index contributed by atoms with van der Waals surface area (Å²) in [5, 5.41) is 9.59. The molecule has 1 aromatic carbocycles. The SMILES string of the molecule is CCNC(=NCCCNC(=O)c1ccccc1)NC1CC1C.I. The van der Waals surface area contributed by atoms with E-state index in [4.69, 9.17) is 0 Å². The van der Waals surface area contributed by atoms with Gasteiger partial charge in [-0.2, -0.15) is 0 Å². The second-order valence-corrected chi connectivity index (χ2v) is 5.70. The lowest BCUT2D eigenvalue weighted by atomic mass is 10.2. The highest BCUT2D eigenvalue weighted by atomic mass is 127. The molecular weight excluding hydrogens is 403 g/mol. The number of benzene rings is 1. The number of nitrogens with one attached hydrogen (secondary N) is 3. The third-order valence-electron chi connectivity index (χ3n) is 3.70. The predicted molar refractivity (Wildman–Crippen MR) is 105 cm³/mol. The van der Waals surface area contributed by atoms with Crippen LogP contribution < -0.4 is 16.0 Å². The summed E-state index contributed by atoms with van der Waals surface area (Å²) in [4.78, 5) is 16.4. The molecule has 0 aromatic heterocycles. The average molecular weight is 430 g/mol. The first-order chi connectivity index (χ1) is 10.7. The molecule has 0 radical (unpaired) electrons. The molecule has 5 nitrogen and oxygen atoms in total. The van der Waals surface area contributed by atoms with Crippen LogP contribution in [0.1, 0.15) is 37.0 Å². The van der Waals surface area contributed by atoms with Crippen LogP contribution in [0.2, 0.25) is 0 Å². The van der Waals surface area contributed by atoms with E-state index in [2.05, 4.69) is 34.8 Å². The van der Waals surface area contributed by atoms with Crippen LogP contribution in [0.5, 0.6) is 0 Å². The van der Waals surface area contributed by atoms with Crippen molar-refractivity contribution in [2.75, 3.05) is 19.6 Å². The minimum atomic E-state index is -0.0265. The van der Waals surface area contributed by atoms with Gasteiger partial charge in [0.1, 0.15) is 0 Å². The average Bonchev–Trinajstić information content (AvgIpc) is 3.22. The molecule has 128 valence electrons. The van der Waals surface area contributed by atoms with Crippen molar-refractivity contribution in [2.24, 2.45) is 10.9 Å². The third-order valence-corrected chi connectivity index (χ3v) is 3.70. The molecule has 3 N–H and O–H groups in total. The Balaban J connectivity index is 0.00000264. The second-order valence-electron chi connectivity index (χ2n) is 5.70. The highest BCUT2D eigenvalue weighted by Gasteiger charge is 2.33. The van der Waals surface area contributed by atoms with E-state index in [1.807, 2.05) is 30.3 Å². The topological polar surface area (TPSA) is 65.5 Å². The molecule has 1 fully saturated rings. The normalized spacial score (nSPS) is 19.5. The Hall–Kier alpha value is -1.31. The molecule has 23 heavy (non-hydrogen) atoms. The van der Waals surface area contributed by atoms with Gasteiger partial charge in [-0.3, -0.25) is 9.79 Å². The smallest absolute Gasteiger partial charge is 0.251 e. The summed E-state index contributed by atoms with van der Waals surface area (Å²) in [5.41, 5.74) is 0.698. The summed E-state index contributed by atoms with van der Waals surface area (Å²) in [5.74, 6) is 1.60. The van der Waals surface area contributed by atoms with Crippen LogP contribution in [0.3, 0.4) is 0 Å². The van der Waals surface area contributed by atoms with Crippen molar-refractivity contribution >= 4 is 35.8 Å². The van der Waals surface area contributed by atoms with E-state index in [1.54, 1.807) is 0 Å². The van der Waals surface area contributed by atoms with Crippen LogP contribution in [0.4, 0.5) is 0 Å². The Bertz CT molecular complexity index is 507. The number of aliphatic imine (C=N–C) groups is 1. The maximum absolute atomic E-state index is 11.9. The van der Waals surface area contributed by atoms with Crippen molar-refractivity contribution < 1.29 is 4.79 Å². The van der Waals surface area contributed by atoms with Crippen LogP contribution in [-0.2, 0) is 0 Å². The predicted octanol–water partition coefficient (Wildman–Crippen LogP) is 2.39. The molecule has 1 saturated carbocycles. The summed E-state index contributed by atoms with van der Waals surface area (Å²) in [6.45, 7) is 6.49. The first-order valence-corrected chi connectivity index (χ1v) is 8.08. The highest BCUT2D eigenvalue weighted by molar-refractivity contribution is 14.0. The van der Waals surface area contributed by atoms with Gasteiger partial charge >= 0.3 is 0 Å². The van der Waals surface area contributed by atoms with E-state index in [0.717, 1.165) is 24.8 Å². The number of hydrogen-bond donors (Lipinski definition) is 3. The van der Waals surface area contributed by atoms with Gasteiger partial charge in [0, 0.05) is 31.2 Å². The van der Waals surface area contributed by atoms with Gasteiger partial charge in [0.2, 0.25) is 0 Å². The van der Waals surface area contributed by atoms with Crippen molar-refractivity contribution in [1.82, 2.24) is 16.0 Å². The van der Waals surface area contributed by atoms with Crippen molar-refractivity contribution in [3.63, 3.8) is 0 Å². The zero-order valence-corrected chi connectivity index (χ0v) is 16.2. The summed E-state index contributed by atoms with van der Waals surface area (Å²) in [6, 6.07) is 9.84. The number of amides is 1. The van der Waals surface area contributed by atoms with E-state index in [9.17, 15) is 4.79 Å². The fourth-order valence-electron chi connectivity index (χ4n) is 2.18. The highest BCUT2D eigenvalue weighted by Crippen LogP contribution is 2.28. The minimum Gasteiger partial charge on any atom is -0.357 e. The zero-order chi connectivity index (χ0) is 15.8. The molecule has 0 bridgehead atoms. The molecular formula is C17H27IN4O. The first kappa shape index (κ1) is 19.7. The van der Waals surface area contributed by atoms with Crippen LogP contribution >= 0.6 is 24.0 Å². The molecule has 0 heterocycles. The number of halogens is 1. The van der Waals surface area contributed by atoms with Gasteiger partial charge in [0.25, 0.3) is 5.91 Å². The number of rotatable bonds is 7. The monoisotopic (exact) mass is 430 g/mol. The Morgan fingerprint density at radius 2 is 1.96 bits per heavy atom. The fourth-order valence-corrected chi connectivity index (χ4v) is 2.18. The van der Waals surface area contributed by atoms with E-state index in [1.165, 1.54) is 6.42 Å². The van der Waals surface area contributed by atoms with Crippen LogP contribution in [0, 0.1) is 5.92 Å². The van der Waals surface area contributed by atoms with Gasteiger partial charge in [0.05, 0.1) is 0 Å². The number of carbonyl (C=O) groups excluding carboxylic acids is 1. The summed E-state index contributed by atoms with van der Waals surface area (Å²) < 4.78 is 0.